The maximum absolute atomic E-state index is 3.89. The molecule has 2 N–H and O–H groups in total. The second-order valence-electron chi connectivity index (χ2n) is 6.59. The molecule has 0 spiro atoms. The van der Waals surface area contributed by atoms with Gasteiger partial charge in [-0.05, 0) is 64.7 Å². The highest BCUT2D eigenvalue weighted by Crippen LogP contribution is 2.27. The largest absolute Gasteiger partial charge is 0.382 e. The Hall–Kier alpha value is -1.77. The summed E-state index contributed by atoms with van der Waals surface area (Å²) in [5.41, 5.74) is 7.68. The molecule has 1 heterocycles. The van der Waals surface area contributed by atoms with Gasteiger partial charge in [-0.1, -0.05) is 30.5 Å². The molecule has 1 aliphatic carbocycles. The lowest BCUT2D eigenvalue weighted by molar-refractivity contribution is 0.753. The Morgan fingerprint density at radius 3 is 1.95 bits per heavy atom. The number of hydrogen-bond acceptors (Lipinski definition) is 2. The molecular formula is C19H29N3. The van der Waals surface area contributed by atoms with Crippen LogP contribution in [-0.4, -0.2) is 16.2 Å². The van der Waals surface area contributed by atoms with Gasteiger partial charge < -0.3 is 5.32 Å². The number of anilines is 1. The van der Waals surface area contributed by atoms with Gasteiger partial charge in [0.1, 0.15) is 0 Å². The van der Waals surface area contributed by atoms with Crippen LogP contribution in [0.25, 0.3) is 0 Å². The highest BCUT2D eigenvalue weighted by molar-refractivity contribution is 5.58. The average Bonchev–Trinajstić information content (AvgIpc) is 3.06. The fraction of sp³-hybridized carbons (Fsp3) is 0.526. The van der Waals surface area contributed by atoms with Crippen molar-refractivity contribution in [3.05, 3.63) is 46.3 Å². The number of rotatable bonds is 2. The summed E-state index contributed by atoms with van der Waals surface area (Å²) >= 11 is 0. The van der Waals surface area contributed by atoms with E-state index in [0.29, 0.717) is 6.04 Å². The first-order valence-corrected chi connectivity index (χ1v) is 8.28. The molecule has 3 rings (SSSR count). The van der Waals surface area contributed by atoms with Gasteiger partial charge in [-0.2, -0.15) is 5.10 Å². The number of aromatic nitrogens is 2. The first-order chi connectivity index (χ1) is 10.5. The van der Waals surface area contributed by atoms with Crippen molar-refractivity contribution in [3.63, 3.8) is 0 Å². The molecule has 3 heteroatoms. The Labute approximate surface area is 134 Å². The maximum Gasteiger partial charge on any atom is 0.0593 e. The number of aromatic amines is 1. The fourth-order valence-corrected chi connectivity index (χ4v) is 3.24. The molecule has 0 unspecified atom stereocenters. The third-order valence-corrected chi connectivity index (χ3v) is 4.21. The van der Waals surface area contributed by atoms with Crippen molar-refractivity contribution in [2.24, 2.45) is 0 Å². The Balaban J connectivity index is 0.000000211. The lowest BCUT2D eigenvalue weighted by Crippen LogP contribution is -2.16. The number of benzene rings is 1. The van der Waals surface area contributed by atoms with Crippen molar-refractivity contribution in [1.82, 2.24) is 10.2 Å². The predicted molar refractivity (Wildman–Crippen MR) is 94.6 cm³/mol. The van der Waals surface area contributed by atoms with Crippen molar-refractivity contribution < 1.29 is 0 Å². The SMILES string of the molecule is Cc1cc(C)[nH]n1.Cc1cc(C)c(NC2CCCC2)c(C)c1. The van der Waals surface area contributed by atoms with Gasteiger partial charge in [0.2, 0.25) is 0 Å². The highest BCUT2D eigenvalue weighted by atomic mass is 15.1. The van der Waals surface area contributed by atoms with E-state index >= 15 is 0 Å². The van der Waals surface area contributed by atoms with Crippen LogP contribution in [0.5, 0.6) is 0 Å². The molecule has 0 atom stereocenters. The zero-order valence-corrected chi connectivity index (χ0v) is 14.6. The standard InChI is InChI=1S/C14H21N.C5H8N2/c1-10-8-11(2)14(12(3)9-10)15-13-6-4-5-7-13;1-4-3-5(2)7-6-4/h8-9,13,15H,4-7H2,1-3H3;3H,1-2H3,(H,6,7). The minimum atomic E-state index is 0.713. The molecule has 0 radical (unpaired) electrons. The smallest absolute Gasteiger partial charge is 0.0593 e. The van der Waals surface area contributed by atoms with Gasteiger partial charge in [0.15, 0.2) is 0 Å². The molecule has 120 valence electrons. The van der Waals surface area contributed by atoms with Crippen LogP contribution in [0.2, 0.25) is 0 Å². The van der Waals surface area contributed by atoms with Crippen LogP contribution in [0.15, 0.2) is 18.2 Å². The van der Waals surface area contributed by atoms with Gasteiger partial charge in [-0.15, -0.1) is 0 Å². The molecule has 22 heavy (non-hydrogen) atoms. The molecule has 0 aliphatic heterocycles. The van der Waals surface area contributed by atoms with Crippen LogP contribution in [-0.2, 0) is 0 Å². The molecule has 2 aromatic rings. The summed E-state index contributed by atoms with van der Waals surface area (Å²) in [4.78, 5) is 0. The van der Waals surface area contributed by atoms with Crippen LogP contribution in [0.1, 0.15) is 53.8 Å². The van der Waals surface area contributed by atoms with Crippen LogP contribution in [0.3, 0.4) is 0 Å². The van der Waals surface area contributed by atoms with Crippen molar-refractivity contribution >= 4 is 5.69 Å². The van der Waals surface area contributed by atoms with Crippen LogP contribution >= 0.6 is 0 Å². The van der Waals surface area contributed by atoms with E-state index in [2.05, 4.69) is 48.4 Å². The van der Waals surface area contributed by atoms with Gasteiger partial charge in [0.25, 0.3) is 0 Å². The minimum absolute atomic E-state index is 0.713. The van der Waals surface area contributed by atoms with Crippen LogP contribution in [0, 0.1) is 34.6 Å². The summed E-state index contributed by atoms with van der Waals surface area (Å²) in [6, 6.07) is 7.25. The van der Waals surface area contributed by atoms with Crippen molar-refractivity contribution in [3.8, 4) is 0 Å². The molecule has 1 fully saturated rings. The number of H-pyrrole nitrogens is 1. The molecule has 1 saturated carbocycles. The number of aryl methyl sites for hydroxylation is 5. The Morgan fingerprint density at radius 1 is 0.955 bits per heavy atom. The fourth-order valence-electron chi connectivity index (χ4n) is 3.24. The second-order valence-corrected chi connectivity index (χ2v) is 6.59. The average molecular weight is 299 g/mol. The molecule has 0 saturated heterocycles. The molecular weight excluding hydrogens is 270 g/mol. The topological polar surface area (TPSA) is 40.7 Å². The van der Waals surface area contributed by atoms with Crippen molar-refractivity contribution in [2.75, 3.05) is 5.32 Å². The zero-order valence-electron chi connectivity index (χ0n) is 14.6. The van der Waals surface area contributed by atoms with Crippen molar-refractivity contribution in [2.45, 2.75) is 66.3 Å². The Kier molecular flexibility index (Phi) is 5.64. The van der Waals surface area contributed by atoms with E-state index in [1.54, 1.807) is 0 Å². The van der Waals surface area contributed by atoms with Gasteiger partial charge in [-0.3, -0.25) is 5.10 Å². The summed E-state index contributed by atoms with van der Waals surface area (Å²) in [6.07, 6.45) is 5.46. The Bertz CT molecular complexity index is 567. The normalized spacial score (nSPS) is 14.6. The number of nitrogens with zero attached hydrogens (tertiary/aromatic N) is 1. The van der Waals surface area contributed by atoms with E-state index < -0.39 is 0 Å². The third kappa shape index (κ3) is 4.62. The second kappa shape index (κ2) is 7.48. The number of hydrogen-bond donors (Lipinski definition) is 2. The van der Waals surface area contributed by atoms with Gasteiger partial charge in [0, 0.05) is 17.4 Å². The lowest BCUT2D eigenvalue weighted by Gasteiger charge is -2.18. The maximum atomic E-state index is 3.89. The van der Waals surface area contributed by atoms with Gasteiger partial charge in [-0.25, -0.2) is 0 Å². The Morgan fingerprint density at radius 2 is 1.55 bits per heavy atom. The van der Waals surface area contributed by atoms with Crippen LogP contribution in [0.4, 0.5) is 5.69 Å². The molecule has 0 bridgehead atoms. The van der Waals surface area contributed by atoms with Crippen molar-refractivity contribution in [1.29, 1.82) is 0 Å². The lowest BCUT2D eigenvalue weighted by atomic mass is 10.0. The van der Waals surface area contributed by atoms with Crippen LogP contribution < -0.4 is 5.32 Å². The van der Waals surface area contributed by atoms with E-state index in [4.69, 9.17) is 0 Å². The summed E-state index contributed by atoms with van der Waals surface area (Å²) in [5.74, 6) is 0. The van der Waals surface area contributed by atoms with E-state index in [9.17, 15) is 0 Å². The van der Waals surface area contributed by atoms with Gasteiger partial charge in [0.05, 0.1) is 5.69 Å². The zero-order chi connectivity index (χ0) is 16.1. The quantitative estimate of drug-likeness (QED) is 0.820. The summed E-state index contributed by atoms with van der Waals surface area (Å²) in [7, 11) is 0. The highest BCUT2D eigenvalue weighted by Gasteiger charge is 2.16. The van der Waals surface area contributed by atoms with E-state index in [1.807, 2.05) is 19.9 Å². The summed E-state index contributed by atoms with van der Waals surface area (Å²) in [6.45, 7) is 10.5. The third-order valence-electron chi connectivity index (χ3n) is 4.21. The van der Waals surface area contributed by atoms with Gasteiger partial charge >= 0.3 is 0 Å². The molecule has 1 aromatic heterocycles. The molecule has 3 nitrogen and oxygen atoms in total. The van der Waals surface area contributed by atoms with E-state index in [0.717, 1.165) is 11.4 Å². The summed E-state index contributed by atoms with van der Waals surface area (Å²) in [5, 5.41) is 10.4. The molecule has 1 aliphatic rings. The first kappa shape index (κ1) is 16.6. The van der Waals surface area contributed by atoms with E-state index in [-0.39, 0.29) is 0 Å². The first-order valence-electron chi connectivity index (χ1n) is 8.28. The summed E-state index contributed by atoms with van der Waals surface area (Å²) < 4.78 is 0. The molecule has 1 aromatic carbocycles. The number of nitrogens with one attached hydrogen (secondary N) is 2. The minimum Gasteiger partial charge on any atom is -0.382 e. The monoisotopic (exact) mass is 299 g/mol. The van der Waals surface area contributed by atoms with E-state index in [1.165, 1.54) is 48.1 Å². The predicted octanol–water partition coefficient (Wildman–Crippen LogP) is 4.99. The molecule has 0 amide bonds.